The molecule has 0 fully saturated rings. The summed E-state index contributed by atoms with van der Waals surface area (Å²) in [7, 11) is 0. The zero-order valence-corrected chi connectivity index (χ0v) is 11.3. The number of aromatic nitrogens is 4. The number of rotatable bonds is 7. The number of hydrogen-bond donors (Lipinski definition) is 1. The Kier molecular flexibility index (Phi) is 4.83. The largest absolute Gasteiger partial charge is 0.464 e. The number of esters is 1. The molecule has 0 radical (unpaired) electrons. The van der Waals surface area contributed by atoms with Gasteiger partial charge in [0, 0.05) is 13.2 Å². The fourth-order valence-corrected chi connectivity index (χ4v) is 1.76. The quantitative estimate of drug-likeness (QED) is 0.577. The summed E-state index contributed by atoms with van der Waals surface area (Å²) in [6.07, 6.45) is 3.81. The lowest BCUT2D eigenvalue weighted by atomic mass is 10.4. The molecule has 0 aliphatic rings. The zero-order valence-electron chi connectivity index (χ0n) is 11.3. The lowest BCUT2D eigenvalue weighted by Gasteiger charge is -2.05. The van der Waals surface area contributed by atoms with Gasteiger partial charge in [0.25, 0.3) is 0 Å². The number of nitrogens with two attached hydrogens (primary N) is 1. The van der Waals surface area contributed by atoms with Gasteiger partial charge in [-0.15, -0.1) is 0 Å². The van der Waals surface area contributed by atoms with Gasteiger partial charge in [-0.2, -0.15) is 0 Å². The van der Waals surface area contributed by atoms with E-state index in [4.69, 9.17) is 15.2 Å². The molecule has 0 saturated heterocycles. The fourth-order valence-electron chi connectivity index (χ4n) is 1.76. The van der Waals surface area contributed by atoms with Crippen molar-refractivity contribution in [3.8, 4) is 0 Å². The Morgan fingerprint density at radius 2 is 2.25 bits per heavy atom. The molecule has 0 unspecified atom stereocenters. The minimum Gasteiger partial charge on any atom is -0.464 e. The summed E-state index contributed by atoms with van der Waals surface area (Å²) in [5.41, 5.74) is 7.00. The average Bonchev–Trinajstić information content (AvgIpc) is 2.83. The van der Waals surface area contributed by atoms with Crippen LogP contribution in [-0.4, -0.2) is 45.3 Å². The van der Waals surface area contributed by atoms with Gasteiger partial charge in [0.2, 0.25) is 0 Å². The minimum atomic E-state index is -0.346. The first-order valence-corrected chi connectivity index (χ1v) is 6.37. The Morgan fingerprint density at radius 1 is 1.40 bits per heavy atom. The van der Waals surface area contributed by atoms with Crippen LogP contribution in [0.2, 0.25) is 0 Å². The molecule has 0 aliphatic carbocycles. The third-order valence-electron chi connectivity index (χ3n) is 2.64. The van der Waals surface area contributed by atoms with Crippen LogP contribution in [0.4, 0.5) is 5.82 Å². The van der Waals surface area contributed by atoms with E-state index < -0.39 is 0 Å². The maximum atomic E-state index is 11.1. The number of fused-ring (bicyclic) bond motifs is 1. The molecular formula is C12H17N5O3. The van der Waals surface area contributed by atoms with E-state index in [0.29, 0.717) is 36.7 Å². The summed E-state index contributed by atoms with van der Waals surface area (Å²) in [5.74, 6) is 0.0217. The molecule has 0 saturated carbocycles. The van der Waals surface area contributed by atoms with E-state index in [1.165, 1.54) is 6.33 Å². The van der Waals surface area contributed by atoms with Gasteiger partial charge in [0.05, 0.1) is 12.9 Å². The Hall–Kier alpha value is -2.22. The van der Waals surface area contributed by atoms with Crippen LogP contribution in [0, 0.1) is 0 Å². The van der Waals surface area contributed by atoms with Crippen LogP contribution >= 0.6 is 0 Å². The van der Waals surface area contributed by atoms with E-state index in [2.05, 4.69) is 15.0 Å². The molecule has 0 aromatic carbocycles. The highest BCUT2D eigenvalue weighted by atomic mass is 16.6. The maximum Gasteiger partial charge on any atom is 0.332 e. The minimum absolute atomic E-state index is 0.0202. The molecular weight excluding hydrogens is 262 g/mol. The molecule has 108 valence electrons. The van der Waals surface area contributed by atoms with Gasteiger partial charge in [-0.3, -0.25) is 0 Å². The summed E-state index contributed by atoms with van der Waals surface area (Å²) in [6, 6.07) is 0. The van der Waals surface area contributed by atoms with E-state index in [1.807, 2.05) is 4.57 Å². The normalized spacial score (nSPS) is 10.8. The molecule has 8 nitrogen and oxygen atoms in total. The smallest absolute Gasteiger partial charge is 0.332 e. The van der Waals surface area contributed by atoms with Crippen LogP contribution in [0.25, 0.3) is 11.2 Å². The fraction of sp³-hybridized carbons (Fsp3) is 0.500. The first-order valence-electron chi connectivity index (χ1n) is 6.37. The molecule has 20 heavy (non-hydrogen) atoms. The van der Waals surface area contributed by atoms with Crippen LogP contribution in [-0.2, 0) is 20.8 Å². The number of hydrogen-bond acceptors (Lipinski definition) is 7. The summed E-state index contributed by atoms with van der Waals surface area (Å²) < 4.78 is 11.8. The Labute approximate surface area is 115 Å². The van der Waals surface area contributed by atoms with E-state index >= 15 is 0 Å². The van der Waals surface area contributed by atoms with Gasteiger partial charge < -0.3 is 19.8 Å². The Morgan fingerprint density at radius 3 is 3.05 bits per heavy atom. The molecule has 0 aliphatic heterocycles. The van der Waals surface area contributed by atoms with Crippen LogP contribution in [0.5, 0.6) is 0 Å². The number of carbonyl (C=O) groups is 1. The third kappa shape index (κ3) is 3.41. The lowest BCUT2D eigenvalue weighted by molar-refractivity contribution is -0.148. The van der Waals surface area contributed by atoms with Crippen molar-refractivity contribution in [2.24, 2.45) is 0 Å². The predicted octanol–water partition coefficient (Wildman–Crippen LogP) is 0.378. The van der Waals surface area contributed by atoms with Crippen molar-refractivity contribution in [1.29, 1.82) is 0 Å². The van der Waals surface area contributed by atoms with Crippen molar-refractivity contribution in [2.45, 2.75) is 19.9 Å². The van der Waals surface area contributed by atoms with Crippen molar-refractivity contribution in [1.82, 2.24) is 19.5 Å². The first-order chi connectivity index (χ1) is 9.72. The van der Waals surface area contributed by atoms with E-state index in [0.717, 1.165) is 6.42 Å². The van der Waals surface area contributed by atoms with E-state index in [9.17, 15) is 4.79 Å². The molecule has 0 amide bonds. The van der Waals surface area contributed by atoms with Gasteiger partial charge in [0.1, 0.15) is 18.5 Å². The first kappa shape index (κ1) is 14.2. The highest BCUT2D eigenvalue weighted by molar-refractivity contribution is 5.81. The molecule has 2 heterocycles. The highest BCUT2D eigenvalue weighted by Gasteiger charge is 2.07. The molecule has 2 rings (SSSR count). The monoisotopic (exact) mass is 279 g/mol. The number of anilines is 1. The second-order valence-electron chi connectivity index (χ2n) is 4.08. The van der Waals surface area contributed by atoms with Crippen molar-refractivity contribution in [2.75, 3.05) is 25.6 Å². The Bertz CT molecular complexity index is 583. The molecule has 2 N–H and O–H groups in total. The standard InChI is InChI=1S/C12H17N5O3/c1-2-20-9(18)6-19-5-3-4-17-8-16-10-11(13)14-7-15-12(10)17/h7-8H,2-6H2,1H3,(H2,13,14,15). The second kappa shape index (κ2) is 6.80. The van der Waals surface area contributed by atoms with Crippen molar-refractivity contribution >= 4 is 23.0 Å². The number of carbonyl (C=O) groups excluding carboxylic acids is 1. The molecule has 2 aromatic heterocycles. The number of ether oxygens (including phenoxy) is 2. The lowest BCUT2D eigenvalue weighted by Crippen LogP contribution is -2.13. The summed E-state index contributed by atoms with van der Waals surface area (Å²) in [4.78, 5) is 23.3. The van der Waals surface area contributed by atoms with Crippen LogP contribution in [0.15, 0.2) is 12.7 Å². The van der Waals surface area contributed by atoms with Gasteiger partial charge >= 0.3 is 5.97 Å². The highest BCUT2D eigenvalue weighted by Crippen LogP contribution is 2.14. The average molecular weight is 279 g/mol. The molecule has 8 heteroatoms. The van der Waals surface area contributed by atoms with Gasteiger partial charge in [-0.25, -0.2) is 19.7 Å². The van der Waals surface area contributed by atoms with Crippen molar-refractivity contribution in [3.63, 3.8) is 0 Å². The third-order valence-corrected chi connectivity index (χ3v) is 2.64. The summed E-state index contributed by atoms with van der Waals surface area (Å²) in [6.45, 7) is 3.24. The summed E-state index contributed by atoms with van der Waals surface area (Å²) in [5, 5.41) is 0. The molecule has 2 aromatic rings. The number of aryl methyl sites for hydroxylation is 1. The number of nitrogen functional groups attached to an aromatic ring is 1. The van der Waals surface area contributed by atoms with Crippen LogP contribution in [0.1, 0.15) is 13.3 Å². The van der Waals surface area contributed by atoms with Gasteiger partial charge in [-0.05, 0) is 13.3 Å². The molecule has 0 atom stereocenters. The predicted molar refractivity (Wildman–Crippen MR) is 71.8 cm³/mol. The molecule has 0 bridgehead atoms. The van der Waals surface area contributed by atoms with Gasteiger partial charge in [0.15, 0.2) is 11.5 Å². The SMILES string of the molecule is CCOC(=O)COCCCn1cnc2c(N)ncnc21. The van der Waals surface area contributed by atoms with Crippen LogP contribution < -0.4 is 5.73 Å². The topological polar surface area (TPSA) is 105 Å². The van der Waals surface area contributed by atoms with Gasteiger partial charge in [-0.1, -0.05) is 0 Å². The molecule has 0 spiro atoms. The Balaban J connectivity index is 1.79. The second-order valence-corrected chi connectivity index (χ2v) is 4.08. The number of nitrogens with zero attached hydrogens (tertiary/aromatic N) is 4. The van der Waals surface area contributed by atoms with E-state index in [1.54, 1.807) is 13.3 Å². The van der Waals surface area contributed by atoms with E-state index in [-0.39, 0.29) is 12.6 Å². The van der Waals surface area contributed by atoms with Crippen molar-refractivity contribution < 1.29 is 14.3 Å². The van der Waals surface area contributed by atoms with Crippen molar-refractivity contribution in [3.05, 3.63) is 12.7 Å². The number of imidazole rings is 1. The van der Waals surface area contributed by atoms with Crippen LogP contribution in [0.3, 0.4) is 0 Å². The zero-order chi connectivity index (χ0) is 14.4. The maximum absolute atomic E-state index is 11.1. The summed E-state index contributed by atoms with van der Waals surface area (Å²) >= 11 is 0.